The molecule has 0 spiro atoms. The fourth-order valence-corrected chi connectivity index (χ4v) is 4.42. The van der Waals surface area contributed by atoms with Crippen molar-refractivity contribution in [3.8, 4) is 0 Å². The van der Waals surface area contributed by atoms with E-state index in [2.05, 4.69) is 15.5 Å². The van der Waals surface area contributed by atoms with Crippen molar-refractivity contribution in [2.24, 2.45) is 0 Å². The summed E-state index contributed by atoms with van der Waals surface area (Å²) in [5.41, 5.74) is 0.576. The number of carbonyl (C=O) groups excluding carboxylic acids is 1. The van der Waals surface area contributed by atoms with Gasteiger partial charge in [0.2, 0.25) is 0 Å². The van der Waals surface area contributed by atoms with Crippen molar-refractivity contribution in [1.82, 2.24) is 10.2 Å². The molecule has 34 heavy (non-hydrogen) atoms. The molecular formula is C27H30F3N3O. The van der Waals surface area contributed by atoms with E-state index in [4.69, 9.17) is 0 Å². The van der Waals surface area contributed by atoms with Crippen LogP contribution in [0.25, 0.3) is 10.8 Å². The number of benzene rings is 3. The van der Waals surface area contributed by atoms with Gasteiger partial charge in [-0.15, -0.1) is 0 Å². The van der Waals surface area contributed by atoms with Gasteiger partial charge in [0, 0.05) is 36.9 Å². The number of rotatable bonds is 8. The molecule has 1 amide bonds. The number of halogens is 3. The quantitative estimate of drug-likeness (QED) is 0.401. The average molecular weight is 470 g/mol. The van der Waals surface area contributed by atoms with Crippen LogP contribution in [0.4, 0.5) is 18.9 Å². The lowest BCUT2D eigenvalue weighted by Gasteiger charge is -2.33. The van der Waals surface area contributed by atoms with Crippen molar-refractivity contribution in [2.75, 3.05) is 31.5 Å². The van der Waals surface area contributed by atoms with Gasteiger partial charge in [0.15, 0.2) is 0 Å². The summed E-state index contributed by atoms with van der Waals surface area (Å²) >= 11 is 0. The van der Waals surface area contributed by atoms with E-state index in [1.807, 2.05) is 42.5 Å². The number of carbonyl (C=O) groups is 1. The molecule has 180 valence electrons. The minimum absolute atomic E-state index is 0.0489. The van der Waals surface area contributed by atoms with E-state index in [9.17, 15) is 18.0 Å². The standard InChI is InChI=1S/C27H30F3N3O/c28-27(29,30)23-8-5-9-25(19-23)32-24-12-16-33(17-13-24)15-4-3-14-31-26(34)22-11-10-20-6-1-2-7-21(20)18-22/h1-2,5-11,18-19,24,32H,3-4,12-17H2,(H,31,34). The number of nitrogens with zero attached hydrogens (tertiary/aromatic N) is 1. The van der Waals surface area contributed by atoms with Gasteiger partial charge in [-0.25, -0.2) is 0 Å². The number of likely N-dealkylation sites (tertiary alicyclic amines) is 1. The third-order valence-electron chi connectivity index (χ3n) is 6.35. The van der Waals surface area contributed by atoms with E-state index < -0.39 is 11.7 Å². The van der Waals surface area contributed by atoms with Crippen LogP contribution in [-0.4, -0.2) is 43.0 Å². The molecule has 1 fully saturated rings. The highest BCUT2D eigenvalue weighted by Gasteiger charge is 2.30. The Morgan fingerprint density at radius 1 is 0.912 bits per heavy atom. The molecule has 1 aliphatic rings. The molecule has 0 unspecified atom stereocenters. The van der Waals surface area contributed by atoms with Crippen LogP contribution < -0.4 is 10.6 Å². The zero-order valence-electron chi connectivity index (χ0n) is 19.1. The molecule has 0 saturated carbocycles. The molecule has 4 rings (SSSR count). The maximum atomic E-state index is 12.9. The number of hydrogen-bond donors (Lipinski definition) is 2. The zero-order valence-corrected chi connectivity index (χ0v) is 19.1. The van der Waals surface area contributed by atoms with E-state index in [0.717, 1.165) is 62.2 Å². The van der Waals surface area contributed by atoms with Crippen molar-refractivity contribution in [3.63, 3.8) is 0 Å². The summed E-state index contributed by atoms with van der Waals surface area (Å²) in [5, 5.41) is 8.43. The van der Waals surface area contributed by atoms with Gasteiger partial charge in [-0.2, -0.15) is 13.2 Å². The summed E-state index contributed by atoms with van der Waals surface area (Å²) in [6.07, 6.45) is -0.634. The summed E-state index contributed by atoms with van der Waals surface area (Å²) in [5.74, 6) is -0.0489. The topological polar surface area (TPSA) is 44.4 Å². The van der Waals surface area contributed by atoms with Gasteiger partial charge in [-0.3, -0.25) is 4.79 Å². The number of hydrogen-bond acceptors (Lipinski definition) is 3. The minimum atomic E-state index is -4.32. The Bertz CT molecular complexity index is 1110. The fraction of sp³-hybridized carbons (Fsp3) is 0.370. The van der Waals surface area contributed by atoms with Crippen molar-refractivity contribution >= 4 is 22.4 Å². The second kappa shape index (κ2) is 10.9. The molecule has 3 aromatic rings. The average Bonchev–Trinajstić information content (AvgIpc) is 2.84. The molecule has 2 N–H and O–H groups in total. The Labute approximate surface area is 198 Å². The predicted octanol–water partition coefficient (Wildman–Crippen LogP) is 5.95. The second-order valence-corrected chi connectivity index (χ2v) is 8.86. The number of nitrogens with one attached hydrogen (secondary N) is 2. The van der Waals surface area contributed by atoms with Gasteiger partial charge < -0.3 is 15.5 Å². The third-order valence-corrected chi connectivity index (χ3v) is 6.35. The Morgan fingerprint density at radius 2 is 1.68 bits per heavy atom. The molecule has 0 aromatic heterocycles. The lowest BCUT2D eigenvalue weighted by molar-refractivity contribution is -0.137. The molecule has 1 aliphatic heterocycles. The highest BCUT2D eigenvalue weighted by molar-refractivity contribution is 5.98. The SMILES string of the molecule is O=C(NCCCCN1CCC(Nc2cccc(C(F)(F)F)c2)CC1)c1ccc2ccccc2c1. The number of anilines is 1. The lowest BCUT2D eigenvalue weighted by Crippen LogP contribution is -2.39. The van der Waals surface area contributed by atoms with Crippen LogP contribution >= 0.6 is 0 Å². The van der Waals surface area contributed by atoms with E-state index in [-0.39, 0.29) is 11.9 Å². The van der Waals surface area contributed by atoms with Crippen LogP contribution in [-0.2, 0) is 6.18 Å². The van der Waals surface area contributed by atoms with E-state index in [1.54, 1.807) is 6.07 Å². The first-order valence-electron chi connectivity index (χ1n) is 11.8. The lowest BCUT2D eigenvalue weighted by atomic mass is 10.0. The Kier molecular flexibility index (Phi) is 7.73. The molecular weight excluding hydrogens is 439 g/mol. The molecule has 0 bridgehead atoms. The maximum absolute atomic E-state index is 12.9. The van der Waals surface area contributed by atoms with Crippen molar-refractivity contribution in [2.45, 2.75) is 37.9 Å². The predicted molar refractivity (Wildman–Crippen MR) is 130 cm³/mol. The summed E-state index contributed by atoms with van der Waals surface area (Å²) in [7, 11) is 0. The van der Waals surface area contributed by atoms with Crippen LogP contribution in [0.15, 0.2) is 66.7 Å². The molecule has 7 heteroatoms. The minimum Gasteiger partial charge on any atom is -0.382 e. The summed E-state index contributed by atoms with van der Waals surface area (Å²) < 4.78 is 38.7. The highest BCUT2D eigenvalue weighted by Crippen LogP contribution is 2.31. The van der Waals surface area contributed by atoms with E-state index in [0.29, 0.717) is 17.8 Å². The summed E-state index contributed by atoms with van der Waals surface area (Å²) in [6, 6.07) is 19.3. The molecule has 0 aliphatic carbocycles. The van der Waals surface area contributed by atoms with Crippen LogP contribution in [0.3, 0.4) is 0 Å². The van der Waals surface area contributed by atoms with Crippen LogP contribution in [0.2, 0.25) is 0 Å². The molecule has 4 nitrogen and oxygen atoms in total. The van der Waals surface area contributed by atoms with Crippen molar-refractivity contribution in [1.29, 1.82) is 0 Å². The normalized spacial score (nSPS) is 15.4. The van der Waals surface area contributed by atoms with Crippen LogP contribution in [0.5, 0.6) is 0 Å². The first kappa shape index (κ1) is 24.1. The molecule has 1 heterocycles. The number of alkyl halides is 3. The first-order valence-corrected chi connectivity index (χ1v) is 11.8. The zero-order chi connectivity index (χ0) is 24.0. The Balaban J connectivity index is 1.13. The second-order valence-electron chi connectivity index (χ2n) is 8.86. The van der Waals surface area contributed by atoms with Gasteiger partial charge in [-0.05, 0) is 73.3 Å². The monoisotopic (exact) mass is 469 g/mol. The van der Waals surface area contributed by atoms with Crippen molar-refractivity contribution in [3.05, 3.63) is 77.9 Å². The molecule has 1 saturated heterocycles. The van der Waals surface area contributed by atoms with Crippen LogP contribution in [0, 0.1) is 0 Å². The van der Waals surface area contributed by atoms with Crippen molar-refractivity contribution < 1.29 is 18.0 Å². The maximum Gasteiger partial charge on any atom is 0.416 e. The van der Waals surface area contributed by atoms with Gasteiger partial charge in [0.05, 0.1) is 5.56 Å². The van der Waals surface area contributed by atoms with Gasteiger partial charge >= 0.3 is 6.18 Å². The van der Waals surface area contributed by atoms with Crippen LogP contribution in [0.1, 0.15) is 41.6 Å². The highest BCUT2D eigenvalue weighted by atomic mass is 19.4. The number of piperidine rings is 1. The van der Waals surface area contributed by atoms with E-state index in [1.165, 1.54) is 12.1 Å². The first-order chi connectivity index (χ1) is 16.4. The summed E-state index contributed by atoms with van der Waals surface area (Å²) in [4.78, 5) is 14.8. The number of fused-ring (bicyclic) bond motifs is 1. The Hall–Kier alpha value is -3.06. The van der Waals surface area contributed by atoms with Gasteiger partial charge in [0.25, 0.3) is 5.91 Å². The largest absolute Gasteiger partial charge is 0.416 e. The van der Waals surface area contributed by atoms with E-state index >= 15 is 0 Å². The number of amides is 1. The smallest absolute Gasteiger partial charge is 0.382 e. The van der Waals surface area contributed by atoms with Gasteiger partial charge in [-0.1, -0.05) is 36.4 Å². The molecule has 0 atom stereocenters. The summed E-state index contributed by atoms with van der Waals surface area (Å²) in [6.45, 7) is 3.43. The molecule has 3 aromatic carbocycles. The Morgan fingerprint density at radius 3 is 2.44 bits per heavy atom. The fourth-order valence-electron chi connectivity index (χ4n) is 4.42. The number of unbranched alkanes of at least 4 members (excludes halogenated alkanes) is 1. The third kappa shape index (κ3) is 6.50. The molecule has 0 radical (unpaired) electrons. The van der Waals surface area contributed by atoms with Gasteiger partial charge in [0.1, 0.15) is 0 Å².